The van der Waals surface area contributed by atoms with Crippen LogP contribution >= 0.6 is 0 Å². The molecule has 5 nitrogen and oxygen atoms in total. The molecule has 0 bridgehead atoms. The van der Waals surface area contributed by atoms with Crippen LogP contribution in [0.1, 0.15) is 20.8 Å². The number of hydrogen-bond acceptors (Lipinski definition) is 4. The van der Waals surface area contributed by atoms with E-state index in [1.54, 1.807) is 0 Å². The van der Waals surface area contributed by atoms with Gasteiger partial charge in [0.25, 0.3) is 0 Å². The fourth-order valence-electron chi connectivity index (χ4n) is 1.26. The maximum atomic E-state index is 5.61. The van der Waals surface area contributed by atoms with Crippen molar-refractivity contribution in [3.63, 3.8) is 0 Å². The van der Waals surface area contributed by atoms with Crippen molar-refractivity contribution in [2.75, 3.05) is 0 Å². The number of hydrogen-bond donors (Lipinski definition) is 0. The van der Waals surface area contributed by atoms with Crippen LogP contribution in [0.15, 0.2) is 30.3 Å². The maximum absolute atomic E-state index is 5.61. The highest BCUT2D eigenvalue weighted by atomic mass is 16.7. The van der Waals surface area contributed by atoms with Crippen molar-refractivity contribution in [2.24, 2.45) is 0 Å². The van der Waals surface area contributed by atoms with E-state index in [1.165, 1.54) is 4.85 Å². The van der Waals surface area contributed by atoms with Crippen molar-refractivity contribution >= 4 is 0 Å². The van der Waals surface area contributed by atoms with Crippen molar-refractivity contribution in [1.29, 1.82) is 0 Å². The lowest BCUT2D eigenvalue weighted by atomic mass is 10.2. The van der Waals surface area contributed by atoms with E-state index in [9.17, 15) is 0 Å². The molecule has 0 amide bonds. The van der Waals surface area contributed by atoms with Gasteiger partial charge in [-0.1, -0.05) is 35.2 Å². The minimum absolute atomic E-state index is 0.334. The van der Waals surface area contributed by atoms with E-state index in [0.717, 1.165) is 5.56 Å². The molecule has 0 atom stereocenters. The molecule has 0 spiro atoms. The molecule has 5 heteroatoms. The standard InChI is InChI=1S/C11H14N4O/c1-11(2,3)16-15-10(12-13-14-15)9-7-5-4-6-8-9/h4-8H,1-3H3. The van der Waals surface area contributed by atoms with Crippen molar-refractivity contribution < 1.29 is 4.84 Å². The largest absolute Gasteiger partial charge is 0.388 e. The Morgan fingerprint density at radius 1 is 1.12 bits per heavy atom. The lowest BCUT2D eigenvalue weighted by Gasteiger charge is -2.19. The SMILES string of the molecule is CC(C)(C)On1nnnc1-c1ccccc1. The molecule has 1 aromatic carbocycles. The fraction of sp³-hybridized carbons (Fsp3) is 0.364. The first kappa shape index (κ1) is 10.6. The van der Waals surface area contributed by atoms with Gasteiger partial charge in [0.2, 0.25) is 5.82 Å². The van der Waals surface area contributed by atoms with Crippen LogP contribution in [0, 0.1) is 0 Å². The molecule has 0 fully saturated rings. The summed E-state index contributed by atoms with van der Waals surface area (Å²) in [6.07, 6.45) is 0. The molecule has 2 rings (SSSR count). The van der Waals surface area contributed by atoms with Crippen LogP contribution in [0.25, 0.3) is 11.4 Å². The molecule has 0 aliphatic heterocycles. The highest BCUT2D eigenvalue weighted by Crippen LogP contribution is 2.15. The smallest absolute Gasteiger partial charge is 0.222 e. The van der Waals surface area contributed by atoms with Gasteiger partial charge in [-0.25, -0.2) is 0 Å². The second-order valence-corrected chi connectivity index (χ2v) is 4.45. The van der Waals surface area contributed by atoms with Gasteiger partial charge in [0.05, 0.1) is 0 Å². The van der Waals surface area contributed by atoms with E-state index in [1.807, 2.05) is 51.1 Å². The summed E-state index contributed by atoms with van der Waals surface area (Å²) < 4.78 is 0. The van der Waals surface area contributed by atoms with Crippen LogP contribution in [-0.2, 0) is 0 Å². The average Bonchev–Trinajstić information content (AvgIpc) is 2.64. The highest BCUT2D eigenvalue weighted by molar-refractivity contribution is 5.53. The molecule has 0 aliphatic carbocycles. The molecule has 0 radical (unpaired) electrons. The Hall–Kier alpha value is -1.91. The van der Waals surface area contributed by atoms with Crippen molar-refractivity contribution in [3.8, 4) is 11.4 Å². The molecular formula is C11H14N4O. The summed E-state index contributed by atoms with van der Waals surface area (Å²) in [5.74, 6) is 0.607. The van der Waals surface area contributed by atoms with E-state index in [0.29, 0.717) is 5.82 Å². The van der Waals surface area contributed by atoms with E-state index in [4.69, 9.17) is 4.84 Å². The van der Waals surface area contributed by atoms with Gasteiger partial charge in [-0.3, -0.25) is 0 Å². The summed E-state index contributed by atoms with van der Waals surface area (Å²) in [7, 11) is 0. The second-order valence-electron chi connectivity index (χ2n) is 4.45. The van der Waals surface area contributed by atoms with E-state index >= 15 is 0 Å². The quantitative estimate of drug-likeness (QED) is 0.767. The summed E-state index contributed by atoms with van der Waals surface area (Å²) in [6.45, 7) is 5.84. The van der Waals surface area contributed by atoms with E-state index < -0.39 is 0 Å². The topological polar surface area (TPSA) is 52.8 Å². The molecule has 0 N–H and O–H groups in total. The molecule has 0 saturated carbocycles. The van der Waals surface area contributed by atoms with E-state index in [-0.39, 0.29) is 5.60 Å². The Morgan fingerprint density at radius 2 is 1.81 bits per heavy atom. The summed E-state index contributed by atoms with van der Waals surface area (Å²) >= 11 is 0. The first-order valence-electron chi connectivity index (χ1n) is 5.09. The van der Waals surface area contributed by atoms with Crippen molar-refractivity contribution in [2.45, 2.75) is 26.4 Å². The van der Waals surface area contributed by atoms with Gasteiger partial charge in [-0.15, -0.1) is 5.10 Å². The zero-order valence-electron chi connectivity index (χ0n) is 9.58. The van der Waals surface area contributed by atoms with Gasteiger partial charge < -0.3 is 4.84 Å². The number of rotatable bonds is 2. The molecule has 2 aromatic rings. The van der Waals surface area contributed by atoms with Crippen LogP contribution in [0.3, 0.4) is 0 Å². The average molecular weight is 218 g/mol. The third kappa shape index (κ3) is 2.36. The van der Waals surface area contributed by atoms with Gasteiger partial charge in [0, 0.05) is 5.56 Å². The second kappa shape index (κ2) is 3.92. The Balaban J connectivity index is 2.33. The molecule has 84 valence electrons. The van der Waals surface area contributed by atoms with Crippen LogP contribution in [0.2, 0.25) is 0 Å². The van der Waals surface area contributed by atoms with Crippen LogP contribution in [-0.4, -0.2) is 26.0 Å². The number of nitrogens with zero attached hydrogens (tertiary/aromatic N) is 4. The first-order valence-corrected chi connectivity index (χ1v) is 5.09. The minimum atomic E-state index is -0.334. The summed E-state index contributed by atoms with van der Waals surface area (Å²) in [4.78, 5) is 6.96. The van der Waals surface area contributed by atoms with Gasteiger partial charge in [0.15, 0.2) is 0 Å². The lowest BCUT2D eigenvalue weighted by molar-refractivity contribution is -0.0335. The van der Waals surface area contributed by atoms with E-state index in [2.05, 4.69) is 15.5 Å². The monoisotopic (exact) mass is 218 g/mol. The Morgan fingerprint density at radius 3 is 2.44 bits per heavy atom. The Labute approximate surface area is 94.0 Å². The molecular weight excluding hydrogens is 204 g/mol. The van der Waals surface area contributed by atoms with Gasteiger partial charge in [0.1, 0.15) is 5.60 Å². The number of aromatic nitrogens is 4. The summed E-state index contributed by atoms with van der Waals surface area (Å²) in [5.41, 5.74) is 0.593. The zero-order valence-corrected chi connectivity index (χ0v) is 9.58. The Kier molecular flexibility index (Phi) is 2.60. The predicted molar refractivity (Wildman–Crippen MR) is 59.6 cm³/mol. The van der Waals surface area contributed by atoms with Gasteiger partial charge >= 0.3 is 0 Å². The van der Waals surface area contributed by atoms with Crippen LogP contribution < -0.4 is 4.84 Å². The minimum Gasteiger partial charge on any atom is -0.388 e. The van der Waals surface area contributed by atoms with Crippen molar-refractivity contribution in [1.82, 2.24) is 20.4 Å². The third-order valence-electron chi connectivity index (χ3n) is 1.83. The maximum Gasteiger partial charge on any atom is 0.222 e. The molecule has 16 heavy (non-hydrogen) atoms. The molecule has 0 unspecified atom stereocenters. The number of tetrazole rings is 1. The first-order chi connectivity index (χ1) is 7.56. The fourth-order valence-corrected chi connectivity index (χ4v) is 1.26. The Bertz CT molecular complexity index is 458. The predicted octanol–water partition coefficient (Wildman–Crippen LogP) is 1.57. The van der Waals surface area contributed by atoms with Crippen molar-refractivity contribution in [3.05, 3.63) is 30.3 Å². The number of benzene rings is 1. The molecule has 0 aliphatic rings. The molecule has 0 saturated heterocycles. The zero-order chi connectivity index (χ0) is 11.6. The molecule has 1 aromatic heterocycles. The lowest BCUT2D eigenvalue weighted by Crippen LogP contribution is -2.32. The third-order valence-corrected chi connectivity index (χ3v) is 1.83. The van der Waals surface area contributed by atoms with Crippen LogP contribution in [0.4, 0.5) is 0 Å². The summed E-state index contributed by atoms with van der Waals surface area (Å²) in [6, 6.07) is 9.70. The highest BCUT2D eigenvalue weighted by Gasteiger charge is 2.17. The normalized spacial score (nSPS) is 11.4. The summed E-state index contributed by atoms with van der Waals surface area (Å²) in [5, 5.41) is 11.4. The van der Waals surface area contributed by atoms with Gasteiger partial charge in [-0.05, 0) is 31.2 Å². The molecule has 1 heterocycles. The van der Waals surface area contributed by atoms with Crippen LogP contribution in [0.5, 0.6) is 0 Å². The van der Waals surface area contributed by atoms with Gasteiger partial charge in [-0.2, -0.15) is 0 Å².